The molecule has 0 saturated carbocycles. The molecule has 0 aliphatic carbocycles. The van der Waals surface area contributed by atoms with E-state index in [1.54, 1.807) is 6.92 Å². The Morgan fingerprint density at radius 2 is 1.23 bits per heavy atom. The summed E-state index contributed by atoms with van der Waals surface area (Å²) in [5.41, 5.74) is -2.17. The summed E-state index contributed by atoms with van der Waals surface area (Å²) < 4.78 is 11.1. The van der Waals surface area contributed by atoms with Crippen molar-refractivity contribution in [2.24, 2.45) is 0 Å². The minimum atomic E-state index is -0.994. The predicted octanol–water partition coefficient (Wildman–Crippen LogP) is 1.46. The molecule has 76 valence electrons. The van der Waals surface area contributed by atoms with Crippen molar-refractivity contribution in [3.05, 3.63) is 0 Å². The molecule has 0 aromatic rings. The van der Waals surface area contributed by atoms with Gasteiger partial charge in [0.2, 0.25) is 0 Å². The minimum absolute atomic E-state index is 0.273. The Kier molecular flexibility index (Phi) is 2.30. The van der Waals surface area contributed by atoms with E-state index in [0.29, 0.717) is 0 Å². The molecule has 0 spiro atoms. The molecule has 1 aliphatic heterocycles. The zero-order valence-electron chi connectivity index (χ0n) is 9.34. The van der Waals surface area contributed by atoms with Crippen LogP contribution in [0.3, 0.4) is 0 Å². The predicted molar refractivity (Wildman–Crippen MR) is 52.6 cm³/mol. The van der Waals surface area contributed by atoms with Gasteiger partial charge in [-0.25, -0.2) is 0 Å². The van der Waals surface area contributed by atoms with Crippen LogP contribution in [-0.4, -0.2) is 29.0 Å². The van der Waals surface area contributed by atoms with E-state index in [4.69, 9.17) is 9.31 Å². The lowest BCUT2D eigenvalue weighted by atomic mass is 9.70. The van der Waals surface area contributed by atoms with Crippen LogP contribution in [0.5, 0.6) is 0 Å². The number of aliphatic hydroxyl groups is 1. The van der Waals surface area contributed by atoms with Crippen molar-refractivity contribution < 1.29 is 14.4 Å². The quantitative estimate of drug-likeness (QED) is 0.582. The summed E-state index contributed by atoms with van der Waals surface area (Å²) in [4.78, 5) is 0. The highest BCUT2D eigenvalue weighted by Crippen LogP contribution is 2.41. The average Bonchev–Trinajstić information content (AvgIpc) is 1.80. The van der Waals surface area contributed by atoms with E-state index < -0.39 is 16.8 Å². The summed E-state index contributed by atoms with van der Waals surface area (Å²) in [5.74, 6) is 0. The summed E-state index contributed by atoms with van der Waals surface area (Å²) in [5, 5.41) is 10.3. The molecule has 0 atom stereocenters. The van der Waals surface area contributed by atoms with Crippen LogP contribution in [0.25, 0.3) is 0 Å². The molecule has 0 bridgehead atoms. The second kappa shape index (κ2) is 2.72. The Morgan fingerprint density at radius 1 is 0.923 bits per heavy atom. The second-order valence-corrected chi connectivity index (χ2v) is 4.90. The molecule has 0 unspecified atom stereocenters. The van der Waals surface area contributed by atoms with Gasteiger partial charge in [0.15, 0.2) is 0 Å². The molecule has 3 nitrogen and oxygen atoms in total. The highest BCUT2D eigenvalue weighted by atomic mass is 16.6. The van der Waals surface area contributed by atoms with Crippen molar-refractivity contribution >= 4 is 7.12 Å². The van der Waals surface area contributed by atoms with Gasteiger partial charge in [-0.1, -0.05) is 0 Å². The van der Waals surface area contributed by atoms with Gasteiger partial charge in [0, 0.05) is 0 Å². The standard InChI is InChI=1S/C9H19BO3/c1-7(2)9(5,11)8(3,4)13-10(6)12-7/h11H,1-6H3. The molecule has 0 aromatic carbocycles. The molecule has 1 N–H and O–H groups in total. The van der Waals surface area contributed by atoms with Crippen LogP contribution in [0.15, 0.2) is 0 Å². The normalized spacial score (nSPS) is 30.2. The van der Waals surface area contributed by atoms with Crippen molar-refractivity contribution in [1.29, 1.82) is 0 Å². The zero-order valence-corrected chi connectivity index (χ0v) is 9.34. The molecule has 1 heterocycles. The Morgan fingerprint density at radius 3 is 1.54 bits per heavy atom. The van der Waals surface area contributed by atoms with Crippen LogP contribution in [0.1, 0.15) is 34.6 Å². The lowest BCUT2D eigenvalue weighted by Crippen LogP contribution is -2.69. The molecule has 0 aromatic heterocycles. The van der Waals surface area contributed by atoms with Gasteiger partial charge in [0.1, 0.15) is 5.60 Å². The van der Waals surface area contributed by atoms with Gasteiger partial charge >= 0.3 is 7.12 Å². The minimum Gasteiger partial charge on any atom is -0.403 e. The lowest BCUT2D eigenvalue weighted by Gasteiger charge is -2.55. The number of rotatable bonds is 0. The Bertz CT molecular complexity index is 191. The fraction of sp³-hybridized carbons (Fsp3) is 1.00. The van der Waals surface area contributed by atoms with Crippen LogP contribution in [0, 0.1) is 0 Å². The summed E-state index contributed by atoms with van der Waals surface area (Å²) in [6.45, 7) is 11.1. The van der Waals surface area contributed by atoms with Gasteiger partial charge in [0.05, 0.1) is 11.2 Å². The fourth-order valence-electron chi connectivity index (χ4n) is 1.81. The third-order valence-corrected chi connectivity index (χ3v) is 3.27. The van der Waals surface area contributed by atoms with Crippen molar-refractivity contribution in [1.82, 2.24) is 0 Å². The monoisotopic (exact) mass is 186 g/mol. The van der Waals surface area contributed by atoms with Gasteiger partial charge in [0.25, 0.3) is 0 Å². The third kappa shape index (κ3) is 1.51. The summed E-state index contributed by atoms with van der Waals surface area (Å²) >= 11 is 0. The first-order valence-corrected chi connectivity index (χ1v) is 4.68. The van der Waals surface area contributed by atoms with Gasteiger partial charge < -0.3 is 14.4 Å². The van der Waals surface area contributed by atoms with Crippen molar-refractivity contribution in [2.75, 3.05) is 0 Å². The van der Waals surface area contributed by atoms with E-state index in [2.05, 4.69) is 0 Å². The van der Waals surface area contributed by atoms with E-state index in [0.717, 1.165) is 0 Å². The SMILES string of the molecule is CB1OC(C)(C)C(C)(O)C(C)(C)O1. The topological polar surface area (TPSA) is 38.7 Å². The largest absolute Gasteiger partial charge is 0.454 e. The van der Waals surface area contributed by atoms with Crippen LogP contribution >= 0.6 is 0 Å². The first-order chi connectivity index (χ1) is 5.60. The first-order valence-electron chi connectivity index (χ1n) is 4.68. The number of hydrogen-bond donors (Lipinski definition) is 1. The van der Waals surface area contributed by atoms with Crippen LogP contribution < -0.4 is 0 Å². The summed E-state index contributed by atoms with van der Waals surface area (Å²) in [7, 11) is -0.273. The fourth-order valence-corrected chi connectivity index (χ4v) is 1.81. The van der Waals surface area contributed by atoms with Crippen molar-refractivity contribution in [2.45, 2.75) is 58.2 Å². The van der Waals surface area contributed by atoms with Gasteiger partial charge in [-0.05, 0) is 41.4 Å². The zero-order chi connectivity index (χ0) is 10.5. The van der Waals surface area contributed by atoms with E-state index in [1.807, 2.05) is 34.5 Å². The van der Waals surface area contributed by atoms with E-state index in [9.17, 15) is 5.11 Å². The molecular weight excluding hydrogens is 167 g/mol. The van der Waals surface area contributed by atoms with Crippen molar-refractivity contribution in [3.63, 3.8) is 0 Å². The lowest BCUT2D eigenvalue weighted by molar-refractivity contribution is -0.236. The van der Waals surface area contributed by atoms with Crippen LogP contribution in [0.4, 0.5) is 0 Å². The van der Waals surface area contributed by atoms with E-state index >= 15 is 0 Å². The Balaban J connectivity index is 3.03. The van der Waals surface area contributed by atoms with Crippen LogP contribution in [0.2, 0.25) is 6.82 Å². The molecule has 1 rings (SSSR count). The van der Waals surface area contributed by atoms with Crippen LogP contribution in [-0.2, 0) is 9.31 Å². The molecule has 0 radical (unpaired) electrons. The molecule has 1 saturated heterocycles. The second-order valence-electron chi connectivity index (χ2n) is 4.90. The first kappa shape index (κ1) is 11.0. The van der Waals surface area contributed by atoms with E-state index in [-0.39, 0.29) is 7.12 Å². The Labute approximate surface area is 80.6 Å². The summed E-state index contributed by atoms with van der Waals surface area (Å²) in [6, 6.07) is 0. The maximum absolute atomic E-state index is 10.3. The van der Waals surface area contributed by atoms with Gasteiger partial charge in [-0.3, -0.25) is 0 Å². The van der Waals surface area contributed by atoms with Gasteiger partial charge in [-0.15, -0.1) is 0 Å². The number of hydrogen-bond acceptors (Lipinski definition) is 3. The highest BCUT2D eigenvalue weighted by Gasteiger charge is 2.57. The average molecular weight is 186 g/mol. The smallest absolute Gasteiger partial charge is 0.403 e. The molecule has 1 fully saturated rings. The molecular formula is C9H19BO3. The maximum Gasteiger partial charge on any atom is 0.454 e. The molecule has 13 heavy (non-hydrogen) atoms. The van der Waals surface area contributed by atoms with Gasteiger partial charge in [-0.2, -0.15) is 0 Å². The maximum atomic E-state index is 10.3. The van der Waals surface area contributed by atoms with E-state index in [1.165, 1.54) is 0 Å². The Hall–Kier alpha value is -0.0551. The molecule has 1 aliphatic rings. The molecule has 4 heteroatoms. The van der Waals surface area contributed by atoms with Crippen molar-refractivity contribution in [3.8, 4) is 0 Å². The summed E-state index contributed by atoms with van der Waals surface area (Å²) in [6.07, 6.45) is 0. The highest BCUT2D eigenvalue weighted by molar-refractivity contribution is 6.43. The third-order valence-electron chi connectivity index (χ3n) is 3.27. The molecule has 0 amide bonds.